The van der Waals surface area contributed by atoms with Crippen LogP contribution in [0.15, 0.2) is 66.7 Å². The number of carbonyl (C=O) groups excluding carboxylic acids is 5. The Kier molecular flexibility index (Phi) is 4.52. The number of nitrogens with zero attached hydrogens (tertiary/aromatic N) is 2. The van der Waals surface area contributed by atoms with Gasteiger partial charge in [0.25, 0.3) is 29.5 Å². The molecule has 0 unspecified atom stereocenters. The van der Waals surface area contributed by atoms with Crippen molar-refractivity contribution in [1.29, 1.82) is 0 Å². The molecule has 162 valence electrons. The Morgan fingerprint density at radius 2 is 1.30 bits per heavy atom. The van der Waals surface area contributed by atoms with E-state index in [0.29, 0.717) is 16.4 Å². The lowest BCUT2D eigenvalue weighted by Crippen LogP contribution is -2.45. The molecule has 0 saturated carbocycles. The highest BCUT2D eigenvalue weighted by atomic mass is 16.5. The number of anilines is 1. The van der Waals surface area contributed by atoms with Gasteiger partial charge in [0.2, 0.25) is 0 Å². The van der Waals surface area contributed by atoms with Crippen LogP contribution in [0.1, 0.15) is 51.8 Å². The molecule has 3 aromatic carbocycles. The first-order valence-electron chi connectivity index (χ1n) is 9.86. The molecule has 3 aromatic rings. The summed E-state index contributed by atoms with van der Waals surface area (Å²) in [6, 6.07) is 16.6. The average Bonchev–Trinajstić information content (AvgIpc) is 3.24. The van der Waals surface area contributed by atoms with Crippen molar-refractivity contribution in [3.8, 4) is 5.75 Å². The number of nitrogens with one attached hydrogen (secondary N) is 1. The van der Waals surface area contributed by atoms with Crippen LogP contribution >= 0.6 is 0 Å². The van der Waals surface area contributed by atoms with Crippen LogP contribution in [0.25, 0.3) is 0 Å². The van der Waals surface area contributed by atoms with Crippen molar-refractivity contribution in [3.05, 3.63) is 94.5 Å². The van der Waals surface area contributed by atoms with Crippen LogP contribution in [0.2, 0.25) is 0 Å². The summed E-state index contributed by atoms with van der Waals surface area (Å²) < 4.78 is 5.09. The maximum absolute atomic E-state index is 13.0. The van der Waals surface area contributed by atoms with Crippen LogP contribution in [0.4, 0.5) is 5.69 Å². The summed E-state index contributed by atoms with van der Waals surface area (Å²) in [5.41, 5.74) is 3.23. The Hall–Kier alpha value is -4.79. The van der Waals surface area contributed by atoms with Crippen LogP contribution in [0.3, 0.4) is 0 Å². The summed E-state index contributed by atoms with van der Waals surface area (Å²) in [5, 5.41) is 0.636. The van der Waals surface area contributed by atoms with Crippen molar-refractivity contribution >= 4 is 35.2 Å². The highest BCUT2D eigenvalue weighted by Gasteiger charge is 2.39. The van der Waals surface area contributed by atoms with E-state index in [4.69, 9.17) is 4.74 Å². The van der Waals surface area contributed by atoms with Crippen LogP contribution in [-0.4, -0.2) is 41.7 Å². The third-order valence-corrected chi connectivity index (χ3v) is 5.49. The number of amides is 5. The summed E-state index contributed by atoms with van der Waals surface area (Å²) >= 11 is 0. The topological polar surface area (TPSA) is 113 Å². The Bertz CT molecular complexity index is 1340. The van der Waals surface area contributed by atoms with Crippen molar-refractivity contribution in [2.75, 3.05) is 12.0 Å². The Morgan fingerprint density at radius 3 is 1.91 bits per heavy atom. The number of benzene rings is 3. The number of hydrogen-bond acceptors (Lipinski definition) is 6. The van der Waals surface area contributed by atoms with E-state index in [2.05, 4.69) is 5.43 Å². The fourth-order valence-electron chi connectivity index (χ4n) is 3.80. The molecule has 0 bridgehead atoms. The number of ether oxygens (including phenoxy) is 1. The molecule has 5 rings (SSSR count). The largest absolute Gasteiger partial charge is 0.497 e. The third kappa shape index (κ3) is 3.06. The van der Waals surface area contributed by atoms with E-state index >= 15 is 0 Å². The molecule has 9 nitrogen and oxygen atoms in total. The summed E-state index contributed by atoms with van der Waals surface area (Å²) in [6.45, 7) is 0. The van der Waals surface area contributed by atoms with Gasteiger partial charge < -0.3 is 4.74 Å². The molecule has 9 heteroatoms. The normalized spacial score (nSPS) is 14.5. The lowest BCUT2D eigenvalue weighted by molar-refractivity contribution is 0.0518. The third-order valence-electron chi connectivity index (χ3n) is 5.49. The summed E-state index contributed by atoms with van der Waals surface area (Å²) in [6.07, 6.45) is 0. The van der Waals surface area contributed by atoms with Crippen LogP contribution in [-0.2, 0) is 0 Å². The van der Waals surface area contributed by atoms with E-state index in [-0.39, 0.29) is 27.8 Å². The number of fused-ring (bicyclic) bond motifs is 2. The summed E-state index contributed by atoms with van der Waals surface area (Å²) in [4.78, 5) is 64.5. The second-order valence-corrected chi connectivity index (χ2v) is 7.34. The van der Waals surface area contributed by atoms with E-state index in [9.17, 15) is 24.0 Å². The van der Waals surface area contributed by atoms with Crippen molar-refractivity contribution in [1.82, 2.24) is 10.4 Å². The van der Waals surface area contributed by atoms with E-state index in [1.807, 2.05) is 0 Å². The quantitative estimate of drug-likeness (QED) is 0.623. The molecule has 0 aromatic heterocycles. The standard InChI is InChI=1S/C24H15N3O6/c1-33-15-9-7-14(8-10-15)26-21(29)18-11-6-13(12-19(18)22(26)30)20(28)25-27-23(31)16-4-2-3-5-17(16)24(27)32/h2-12H,1H3,(H,25,28). The number of hydrogen-bond donors (Lipinski definition) is 1. The summed E-state index contributed by atoms with van der Waals surface area (Å²) in [7, 11) is 1.51. The lowest BCUT2D eigenvalue weighted by Gasteiger charge is -2.15. The van der Waals surface area contributed by atoms with Crippen molar-refractivity contribution in [2.24, 2.45) is 0 Å². The molecular formula is C24H15N3O6. The zero-order valence-electron chi connectivity index (χ0n) is 17.2. The Labute approximate surface area is 187 Å². The number of rotatable bonds is 4. The highest BCUT2D eigenvalue weighted by Crippen LogP contribution is 2.30. The van der Waals surface area contributed by atoms with Gasteiger partial charge in [0.15, 0.2) is 0 Å². The molecule has 0 saturated heterocycles. The molecule has 2 aliphatic rings. The van der Waals surface area contributed by atoms with Gasteiger partial charge in [-0.15, -0.1) is 0 Å². The molecule has 2 heterocycles. The van der Waals surface area contributed by atoms with Gasteiger partial charge in [-0.1, -0.05) is 12.1 Å². The predicted molar refractivity (Wildman–Crippen MR) is 115 cm³/mol. The molecule has 0 atom stereocenters. The van der Waals surface area contributed by atoms with Gasteiger partial charge in [0.05, 0.1) is 35.1 Å². The maximum atomic E-state index is 13.0. The van der Waals surface area contributed by atoms with E-state index in [1.54, 1.807) is 36.4 Å². The van der Waals surface area contributed by atoms with Gasteiger partial charge in [-0.25, -0.2) is 4.90 Å². The minimum Gasteiger partial charge on any atom is -0.497 e. The average molecular weight is 441 g/mol. The van der Waals surface area contributed by atoms with Crippen LogP contribution < -0.4 is 15.1 Å². The van der Waals surface area contributed by atoms with Crippen LogP contribution in [0, 0.1) is 0 Å². The number of hydrazine groups is 1. The fraction of sp³-hybridized carbons (Fsp3) is 0.0417. The smallest absolute Gasteiger partial charge is 0.280 e. The van der Waals surface area contributed by atoms with Crippen molar-refractivity contribution in [2.45, 2.75) is 0 Å². The Morgan fingerprint density at radius 1 is 0.727 bits per heavy atom. The van der Waals surface area contributed by atoms with E-state index in [1.165, 1.54) is 37.4 Å². The maximum Gasteiger partial charge on any atom is 0.280 e. The van der Waals surface area contributed by atoms with Crippen LogP contribution in [0.5, 0.6) is 5.75 Å². The van der Waals surface area contributed by atoms with E-state index < -0.39 is 29.5 Å². The van der Waals surface area contributed by atoms with Gasteiger partial charge >= 0.3 is 0 Å². The second-order valence-electron chi connectivity index (χ2n) is 7.34. The molecule has 0 fully saturated rings. The number of imide groups is 2. The number of carbonyl (C=O) groups is 5. The Balaban J connectivity index is 1.40. The van der Waals surface area contributed by atoms with Crippen molar-refractivity contribution in [3.63, 3.8) is 0 Å². The minimum absolute atomic E-state index is 0.0167. The zero-order chi connectivity index (χ0) is 23.3. The lowest BCUT2D eigenvalue weighted by atomic mass is 10.1. The molecule has 1 N–H and O–H groups in total. The first-order valence-corrected chi connectivity index (χ1v) is 9.86. The summed E-state index contributed by atoms with van der Waals surface area (Å²) in [5.74, 6) is -2.61. The van der Waals surface area contributed by atoms with Gasteiger partial charge in [0, 0.05) is 5.56 Å². The first-order chi connectivity index (χ1) is 15.9. The molecule has 5 amide bonds. The minimum atomic E-state index is -0.768. The van der Waals surface area contributed by atoms with E-state index in [0.717, 1.165) is 4.90 Å². The first kappa shape index (κ1) is 20.1. The molecule has 33 heavy (non-hydrogen) atoms. The SMILES string of the molecule is COc1ccc(N2C(=O)c3ccc(C(=O)NN4C(=O)c5ccccc5C4=O)cc3C2=O)cc1. The second kappa shape index (κ2) is 7.41. The molecule has 2 aliphatic heterocycles. The monoisotopic (exact) mass is 441 g/mol. The van der Waals surface area contributed by atoms with Crippen molar-refractivity contribution < 1.29 is 28.7 Å². The predicted octanol–water partition coefficient (Wildman–Crippen LogP) is 2.44. The fourth-order valence-corrected chi connectivity index (χ4v) is 3.80. The molecular weight excluding hydrogens is 426 g/mol. The number of methoxy groups -OCH3 is 1. The van der Waals surface area contributed by atoms with Gasteiger partial charge in [0.1, 0.15) is 5.75 Å². The highest BCUT2D eigenvalue weighted by molar-refractivity contribution is 6.34. The molecule has 0 radical (unpaired) electrons. The van der Waals surface area contributed by atoms with Gasteiger partial charge in [-0.2, -0.15) is 5.01 Å². The molecule has 0 spiro atoms. The molecule has 0 aliphatic carbocycles. The van der Waals surface area contributed by atoms with Gasteiger partial charge in [-0.3, -0.25) is 29.4 Å². The zero-order valence-corrected chi connectivity index (χ0v) is 17.2. The van der Waals surface area contributed by atoms with Gasteiger partial charge in [-0.05, 0) is 54.6 Å².